The van der Waals surface area contributed by atoms with Gasteiger partial charge in [0.1, 0.15) is 0 Å². The number of hydrogen-bond donors (Lipinski definition) is 2. The summed E-state index contributed by atoms with van der Waals surface area (Å²) in [7, 11) is 5.24. The zero-order valence-electron chi connectivity index (χ0n) is 12.7. The summed E-state index contributed by atoms with van der Waals surface area (Å²) in [6, 6.07) is 10.3. The lowest BCUT2D eigenvalue weighted by atomic mass is 10.1. The third-order valence-corrected chi connectivity index (χ3v) is 3.01. The van der Waals surface area contributed by atoms with Crippen LogP contribution in [0, 0.1) is 0 Å². The molecule has 110 valence electrons. The normalized spacial score (nSPS) is 12.7. The Labute approximate surface area is 121 Å². The standard InChI is InChI=1S/C15H24N4O/c1-12(13-8-6-5-7-9-13)18-15(16-2)17-11-10-14(20)19(3)4/h5-9,12H,10-11H2,1-4H3,(H2,16,17,18). The number of aliphatic imine (C=N–C) groups is 1. The van der Waals surface area contributed by atoms with E-state index in [1.807, 2.05) is 18.2 Å². The average molecular weight is 276 g/mol. The number of amides is 1. The summed E-state index contributed by atoms with van der Waals surface area (Å²) in [5.74, 6) is 0.803. The van der Waals surface area contributed by atoms with Crippen LogP contribution in [-0.2, 0) is 4.79 Å². The zero-order valence-corrected chi connectivity index (χ0v) is 12.7. The average Bonchev–Trinajstić information content (AvgIpc) is 2.46. The maximum atomic E-state index is 11.5. The van der Waals surface area contributed by atoms with Gasteiger partial charge in [-0.3, -0.25) is 9.79 Å². The molecule has 0 heterocycles. The van der Waals surface area contributed by atoms with E-state index < -0.39 is 0 Å². The van der Waals surface area contributed by atoms with E-state index in [-0.39, 0.29) is 11.9 Å². The van der Waals surface area contributed by atoms with E-state index in [1.54, 1.807) is 26.0 Å². The van der Waals surface area contributed by atoms with Crippen molar-refractivity contribution < 1.29 is 4.79 Å². The third-order valence-electron chi connectivity index (χ3n) is 3.01. The summed E-state index contributed by atoms with van der Waals surface area (Å²) in [5, 5.41) is 6.45. The van der Waals surface area contributed by atoms with Crippen molar-refractivity contribution in [1.82, 2.24) is 15.5 Å². The van der Waals surface area contributed by atoms with E-state index in [4.69, 9.17) is 0 Å². The highest BCUT2D eigenvalue weighted by Gasteiger charge is 2.08. The lowest BCUT2D eigenvalue weighted by Gasteiger charge is -2.18. The monoisotopic (exact) mass is 276 g/mol. The highest BCUT2D eigenvalue weighted by Crippen LogP contribution is 2.10. The predicted octanol–water partition coefficient (Wildman–Crippen LogP) is 1.39. The smallest absolute Gasteiger partial charge is 0.223 e. The van der Waals surface area contributed by atoms with Gasteiger partial charge in [-0.15, -0.1) is 0 Å². The minimum atomic E-state index is 0.101. The van der Waals surface area contributed by atoms with Crippen LogP contribution in [0.3, 0.4) is 0 Å². The molecule has 0 saturated carbocycles. The molecule has 1 unspecified atom stereocenters. The number of nitrogens with zero attached hydrogens (tertiary/aromatic N) is 2. The molecule has 5 heteroatoms. The quantitative estimate of drug-likeness (QED) is 0.631. The first kappa shape index (κ1) is 16.0. The molecule has 5 nitrogen and oxygen atoms in total. The van der Waals surface area contributed by atoms with Gasteiger partial charge >= 0.3 is 0 Å². The summed E-state index contributed by atoms with van der Waals surface area (Å²) < 4.78 is 0. The highest BCUT2D eigenvalue weighted by atomic mass is 16.2. The first-order chi connectivity index (χ1) is 9.54. The van der Waals surface area contributed by atoms with Crippen LogP contribution in [0.25, 0.3) is 0 Å². The fourth-order valence-electron chi connectivity index (χ4n) is 1.74. The third kappa shape index (κ3) is 5.30. The number of nitrogens with one attached hydrogen (secondary N) is 2. The van der Waals surface area contributed by atoms with Crippen LogP contribution < -0.4 is 10.6 Å². The Morgan fingerprint density at radius 3 is 2.50 bits per heavy atom. The largest absolute Gasteiger partial charge is 0.356 e. The maximum absolute atomic E-state index is 11.5. The summed E-state index contributed by atoms with van der Waals surface area (Å²) in [5.41, 5.74) is 1.19. The zero-order chi connectivity index (χ0) is 15.0. The number of benzene rings is 1. The highest BCUT2D eigenvalue weighted by molar-refractivity contribution is 5.81. The summed E-state index contributed by atoms with van der Waals surface area (Å²) in [6.45, 7) is 2.64. The van der Waals surface area contributed by atoms with E-state index >= 15 is 0 Å². The van der Waals surface area contributed by atoms with Gasteiger partial charge in [0, 0.05) is 34.1 Å². The first-order valence-corrected chi connectivity index (χ1v) is 6.77. The van der Waals surface area contributed by atoms with Crippen molar-refractivity contribution in [1.29, 1.82) is 0 Å². The molecule has 0 saturated heterocycles. The van der Waals surface area contributed by atoms with Crippen molar-refractivity contribution in [3.63, 3.8) is 0 Å². The molecule has 1 aromatic carbocycles. The van der Waals surface area contributed by atoms with Gasteiger partial charge in [-0.25, -0.2) is 0 Å². The Balaban J connectivity index is 2.42. The van der Waals surface area contributed by atoms with Crippen molar-refractivity contribution in [2.24, 2.45) is 4.99 Å². The topological polar surface area (TPSA) is 56.7 Å². The molecule has 0 bridgehead atoms. The Bertz CT molecular complexity index is 442. The van der Waals surface area contributed by atoms with Crippen molar-refractivity contribution in [3.8, 4) is 0 Å². The van der Waals surface area contributed by atoms with Gasteiger partial charge in [0.2, 0.25) is 5.91 Å². The molecule has 20 heavy (non-hydrogen) atoms. The molecular weight excluding hydrogens is 252 g/mol. The predicted molar refractivity (Wildman–Crippen MR) is 82.7 cm³/mol. The first-order valence-electron chi connectivity index (χ1n) is 6.77. The molecule has 1 aromatic rings. The fraction of sp³-hybridized carbons (Fsp3) is 0.467. The van der Waals surface area contributed by atoms with E-state index in [1.165, 1.54) is 5.56 Å². The molecule has 0 radical (unpaired) electrons. The van der Waals surface area contributed by atoms with Gasteiger partial charge in [0.25, 0.3) is 0 Å². The Morgan fingerprint density at radius 2 is 1.95 bits per heavy atom. The molecule has 2 N–H and O–H groups in total. The Hall–Kier alpha value is -2.04. The summed E-state index contributed by atoms with van der Waals surface area (Å²) in [6.07, 6.45) is 0.452. The summed E-state index contributed by atoms with van der Waals surface area (Å²) in [4.78, 5) is 17.2. The van der Waals surface area contributed by atoms with Crippen LogP contribution in [0.5, 0.6) is 0 Å². The molecule has 0 aliphatic carbocycles. The summed E-state index contributed by atoms with van der Waals surface area (Å²) >= 11 is 0. The van der Waals surface area contributed by atoms with Crippen LogP contribution in [-0.4, -0.2) is 44.5 Å². The van der Waals surface area contributed by atoms with E-state index in [2.05, 4.69) is 34.7 Å². The molecule has 0 fully saturated rings. The number of guanidine groups is 1. The molecule has 0 aromatic heterocycles. The molecule has 0 aliphatic rings. The fourth-order valence-corrected chi connectivity index (χ4v) is 1.74. The molecule has 0 spiro atoms. The second-order valence-electron chi connectivity index (χ2n) is 4.81. The van der Waals surface area contributed by atoms with Gasteiger partial charge in [-0.1, -0.05) is 30.3 Å². The second kappa shape index (κ2) is 8.19. The van der Waals surface area contributed by atoms with Crippen molar-refractivity contribution in [3.05, 3.63) is 35.9 Å². The van der Waals surface area contributed by atoms with E-state index in [0.29, 0.717) is 18.9 Å². The van der Waals surface area contributed by atoms with Crippen molar-refractivity contribution in [2.75, 3.05) is 27.7 Å². The number of carbonyl (C=O) groups is 1. The van der Waals surface area contributed by atoms with Crippen LogP contribution in [0.1, 0.15) is 24.9 Å². The van der Waals surface area contributed by atoms with E-state index in [9.17, 15) is 4.79 Å². The van der Waals surface area contributed by atoms with Gasteiger partial charge in [-0.05, 0) is 12.5 Å². The molecular formula is C15H24N4O. The van der Waals surface area contributed by atoms with Crippen LogP contribution in [0.15, 0.2) is 35.3 Å². The Morgan fingerprint density at radius 1 is 1.30 bits per heavy atom. The minimum Gasteiger partial charge on any atom is -0.356 e. The van der Waals surface area contributed by atoms with Crippen molar-refractivity contribution in [2.45, 2.75) is 19.4 Å². The lowest BCUT2D eigenvalue weighted by molar-refractivity contribution is -0.128. The van der Waals surface area contributed by atoms with Crippen LogP contribution >= 0.6 is 0 Å². The van der Waals surface area contributed by atoms with E-state index in [0.717, 1.165) is 0 Å². The second-order valence-corrected chi connectivity index (χ2v) is 4.81. The minimum absolute atomic E-state index is 0.101. The SMILES string of the molecule is CN=C(NCCC(=O)N(C)C)NC(C)c1ccccc1. The number of carbonyl (C=O) groups excluding carboxylic acids is 1. The van der Waals surface area contributed by atoms with Gasteiger partial charge < -0.3 is 15.5 Å². The molecule has 1 amide bonds. The van der Waals surface area contributed by atoms with Gasteiger partial charge in [0.05, 0.1) is 6.04 Å². The lowest BCUT2D eigenvalue weighted by Crippen LogP contribution is -2.40. The number of hydrogen-bond acceptors (Lipinski definition) is 2. The van der Waals surface area contributed by atoms with Crippen LogP contribution in [0.4, 0.5) is 0 Å². The van der Waals surface area contributed by atoms with Crippen molar-refractivity contribution >= 4 is 11.9 Å². The molecule has 1 rings (SSSR count). The molecule has 1 atom stereocenters. The van der Waals surface area contributed by atoms with Gasteiger partial charge in [0.15, 0.2) is 5.96 Å². The Kier molecular flexibility index (Phi) is 6.56. The van der Waals surface area contributed by atoms with Crippen LogP contribution in [0.2, 0.25) is 0 Å². The maximum Gasteiger partial charge on any atom is 0.223 e. The van der Waals surface area contributed by atoms with Gasteiger partial charge in [-0.2, -0.15) is 0 Å². The molecule has 0 aliphatic heterocycles. The number of rotatable bonds is 5.